The van der Waals surface area contributed by atoms with Crippen molar-refractivity contribution in [3.63, 3.8) is 0 Å². The van der Waals surface area contributed by atoms with E-state index >= 15 is 0 Å². The van der Waals surface area contributed by atoms with Gasteiger partial charge in [-0.05, 0) is 44.1 Å². The zero-order valence-corrected chi connectivity index (χ0v) is 12.3. The van der Waals surface area contributed by atoms with Crippen LogP contribution >= 0.6 is 0 Å². The largest absolute Gasteiger partial charge is 0.507 e. The highest BCUT2D eigenvalue weighted by Crippen LogP contribution is 2.46. The van der Waals surface area contributed by atoms with Crippen molar-refractivity contribution in [2.45, 2.75) is 51.6 Å². The Morgan fingerprint density at radius 1 is 1.10 bits per heavy atom. The summed E-state index contributed by atoms with van der Waals surface area (Å²) in [4.78, 5) is 2.37. The first-order chi connectivity index (χ1) is 9.60. The number of anilines is 1. The van der Waals surface area contributed by atoms with Crippen molar-refractivity contribution < 1.29 is 10.2 Å². The van der Waals surface area contributed by atoms with Gasteiger partial charge < -0.3 is 15.1 Å². The fourth-order valence-corrected chi connectivity index (χ4v) is 3.95. The second kappa shape index (κ2) is 5.28. The molecule has 2 fully saturated rings. The first-order valence-corrected chi connectivity index (χ1v) is 7.86. The summed E-state index contributed by atoms with van der Waals surface area (Å²) in [6.07, 6.45) is 7.58. The maximum absolute atomic E-state index is 10.0. The van der Waals surface area contributed by atoms with E-state index < -0.39 is 6.10 Å². The monoisotopic (exact) mass is 275 g/mol. The fraction of sp³-hybridized carbons (Fsp3) is 0.647. The fourth-order valence-electron chi connectivity index (χ4n) is 3.95. The van der Waals surface area contributed by atoms with E-state index in [9.17, 15) is 10.2 Å². The van der Waals surface area contributed by atoms with Crippen LogP contribution in [0, 0.1) is 5.41 Å². The number of nitrogens with zero attached hydrogens (tertiary/aromatic N) is 1. The van der Waals surface area contributed by atoms with Crippen molar-refractivity contribution >= 4 is 5.69 Å². The van der Waals surface area contributed by atoms with E-state index in [4.69, 9.17) is 0 Å². The summed E-state index contributed by atoms with van der Waals surface area (Å²) >= 11 is 0. The van der Waals surface area contributed by atoms with Gasteiger partial charge in [-0.15, -0.1) is 0 Å². The molecule has 1 atom stereocenters. The highest BCUT2D eigenvalue weighted by molar-refractivity contribution is 5.54. The van der Waals surface area contributed by atoms with Crippen LogP contribution < -0.4 is 4.90 Å². The smallest absolute Gasteiger partial charge is 0.123 e. The molecule has 110 valence electrons. The van der Waals surface area contributed by atoms with Gasteiger partial charge in [-0.3, -0.25) is 0 Å². The second-order valence-corrected chi connectivity index (χ2v) is 6.61. The Kier molecular flexibility index (Phi) is 3.63. The number of piperidine rings is 1. The average Bonchev–Trinajstić information content (AvgIpc) is 2.87. The molecule has 1 heterocycles. The Balaban J connectivity index is 1.70. The highest BCUT2D eigenvalue weighted by Gasteiger charge is 2.36. The van der Waals surface area contributed by atoms with Crippen molar-refractivity contribution in [1.29, 1.82) is 0 Å². The lowest BCUT2D eigenvalue weighted by atomic mass is 9.77. The van der Waals surface area contributed by atoms with Crippen LogP contribution in [0.5, 0.6) is 5.75 Å². The molecule has 1 saturated heterocycles. The number of hydrogen-bond acceptors (Lipinski definition) is 3. The first-order valence-electron chi connectivity index (χ1n) is 7.86. The molecule has 1 aromatic carbocycles. The van der Waals surface area contributed by atoms with E-state index in [0.29, 0.717) is 11.0 Å². The number of rotatable bonds is 2. The Morgan fingerprint density at radius 2 is 1.75 bits per heavy atom. The van der Waals surface area contributed by atoms with E-state index in [1.54, 1.807) is 13.0 Å². The summed E-state index contributed by atoms with van der Waals surface area (Å²) in [5.74, 6) is 0.207. The molecular formula is C17H25NO2. The summed E-state index contributed by atoms with van der Waals surface area (Å²) in [7, 11) is 0. The second-order valence-electron chi connectivity index (χ2n) is 6.61. The molecule has 2 N–H and O–H groups in total. The van der Waals surface area contributed by atoms with Crippen LogP contribution in [0.1, 0.15) is 57.1 Å². The van der Waals surface area contributed by atoms with E-state index in [-0.39, 0.29) is 5.75 Å². The van der Waals surface area contributed by atoms with Gasteiger partial charge in [0.2, 0.25) is 0 Å². The summed E-state index contributed by atoms with van der Waals surface area (Å²) < 4.78 is 0. The van der Waals surface area contributed by atoms with Crippen molar-refractivity contribution in [3.05, 3.63) is 23.8 Å². The van der Waals surface area contributed by atoms with Crippen LogP contribution in [-0.2, 0) is 0 Å². The highest BCUT2D eigenvalue weighted by atomic mass is 16.3. The minimum absolute atomic E-state index is 0.207. The number of benzene rings is 1. The third-order valence-corrected chi connectivity index (χ3v) is 5.32. The summed E-state index contributed by atoms with van der Waals surface area (Å²) in [5.41, 5.74) is 2.32. The molecule has 1 spiro atoms. The molecule has 1 saturated carbocycles. The molecule has 1 unspecified atom stereocenters. The zero-order valence-electron chi connectivity index (χ0n) is 12.3. The van der Waals surface area contributed by atoms with E-state index in [2.05, 4.69) is 4.90 Å². The average molecular weight is 275 g/mol. The van der Waals surface area contributed by atoms with Crippen molar-refractivity contribution in [1.82, 2.24) is 0 Å². The molecule has 0 amide bonds. The lowest BCUT2D eigenvalue weighted by Crippen LogP contribution is -2.38. The quantitative estimate of drug-likeness (QED) is 0.866. The van der Waals surface area contributed by atoms with Gasteiger partial charge in [0.05, 0.1) is 6.10 Å². The van der Waals surface area contributed by atoms with Crippen LogP contribution in [0.2, 0.25) is 0 Å². The molecule has 3 heteroatoms. The number of aliphatic hydroxyl groups excluding tert-OH is 1. The Labute approximate surface area is 121 Å². The number of hydrogen-bond donors (Lipinski definition) is 2. The molecule has 20 heavy (non-hydrogen) atoms. The van der Waals surface area contributed by atoms with Crippen molar-refractivity contribution in [3.8, 4) is 5.75 Å². The Morgan fingerprint density at radius 3 is 2.30 bits per heavy atom. The van der Waals surface area contributed by atoms with Gasteiger partial charge >= 0.3 is 0 Å². The molecule has 0 aromatic heterocycles. The number of phenols is 1. The summed E-state index contributed by atoms with van der Waals surface area (Å²) in [6.45, 7) is 3.86. The first kappa shape index (κ1) is 13.7. The Hall–Kier alpha value is -1.22. The van der Waals surface area contributed by atoms with Crippen LogP contribution in [0.4, 0.5) is 5.69 Å². The molecule has 0 bridgehead atoms. The SMILES string of the molecule is CC(O)c1ccc(N2CCC3(CCCC3)CC2)cc1O. The van der Waals surface area contributed by atoms with Gasteiger partial charge in [0.25, 0.3) is 0 Å². The number of aromatic hydroxyl groups is 1. The molecule has 1 aliphatic heterocycles. The van der Waals surface area contributed by atoms with E-state index in [0.717, 1.165) is 18.8 Å². The summed E-state index contributed by atoms with van der Waals surface area (Å²) in [5, 5.41) is 19.6. The lowest BCUT2D eigenvalue weighted by Gasteiger charge is -2.40. The maximum Gasteiger partial charge on any atom is 0.123 e. The zero-order chi connectivity index (χ0) is 14.2. The number of aliphatic hydroxyl groups is 1. The topological polar surface area (TPSA) is 43.7 Å². The van der Waals surface area contributed by atoms with Gasteiger partial charge in [0.15, 0.2) is 0 Å². The Bertz CT molecular complexity index is 468. The minimum atomic E-state index is -0.618. The molecule has 1 aromatic rings. The van der Waals surface area contributed by atoms with E-state index in [1.165, 1.54) is 38.5 Å². The molecular weight excluding hydrogens is 250 g/mol. The van der Waals surface area contributed by atoms with Crippen LogP contribution in [0.15, 0.2) is 18.2 Å². The predicted molar refractivity (Wildman–Crippen MR) is 81.1 cm³/mol. The van der Waals surface area contributed by atoms with Gasteiger partial charge in [-0.2, -0.15) is 0 Å². The van der Waals surface area contributed by atoms with Crippen LogP contribution in [0.25, 0.3) is 0 Å². The van der Waals surface area contributed by atoms with Crippen LogP contribution in [-0.4, -0.2) is 23.3 Å². The lowest BCUT2D eigenvalue weighted by molar-refractivity contribution is 0.195. The van der Waals surface area contributed by atoms with Gasteiger partial charge in [0.1, 0.15) is 5.75 Å². The third kappa shape index (κ3) is 2.51. The van der Waals surface area contributed by atoms with Gasteiger partial charge in [-0.1, -0.05) is 18.9 Å². The van der Waals surface area contributed by atoms with Crippen molar-refractivity contribution in [2.75, 3.05) is 18.0 Å². The van der Waals surface area contributed by atoms with Gasteiger partial charge in [-0.25, -0.2) is 0 Å². The number of phenolic OH excluding ortho intramolecular Hbond substituents is 1. The van der Waals surface area contributed by atoms with Crippen molar-refractivity contribution in [2.24, 2.45) is 5.41 Å². The maximum atomic E-state index is 10.0. The van der Waals surface area contributed by atoms with Crippen LogP contribution in [0.3, 0.4) is 0 Å². The van der Waals surface area contributed by atoms with E-state index in [1.807, 2.05) is 12.1 Å². The minimum Gasteiger partial charge on any atom is -0.507 e. The molecule has 1 aliphatic carbocycles. The summed E-state index contributed by atoms with van der Waals surface area (Å²) in [6, 6.07) is 5.67. The molecule has 2 aliphatic rings. The van der Waals surface area contributed by atoms with Gasteiger partial charge in [0, 0.05) is 30.4 Å². The predicted octanol–water partition coefficient (Wildman–Crippen LogP) is 3.61. The molecule has 3 rings (SSSR count). The standard InChI is InChI=1S/C17H25NO2/c1-13(19)15-5-4-14(12-16(15)20)18-10-8-17(9-11-18)6-2-3-7-17/h4-5,12-13,19-20H,2-3,6-11H2,1H3. The normalized spacial score (nSPS) is 23.2. The molecule has 3 nitrogen and oxygen atoms in total. The molecule has 0 radical (unpaired) electrons. The third-order valence-electron chi connectivity index (χ3n) is 5.32.